The van der Waals surface area contributed by atoms with Gasteiger partial charge in [-0.25, -0.2) is 0 Å². The third kappa shape index (κ3) is 46.3. The molecule has 0 saturated carbocycles. The summed E-state index contributed by atoms with van der Waals surface area (Å²) in [4.78, 5) is 0. The summed E-state index contributed by atoms with van der Waals surface area (Å²) >= 11 is -2.61. The largest absolute Gasteiger partial charge is 0.394 e. The van der Waals surface area contributed by atoms with Crippen LogP contribution in [-0.2, 0) is 35.0 Å². The van der Waals surface area contributed by atoms with Crippen molar-refractivity contribution in [1.29, 1.82) is 0 Å². The van der Waals surface area contributed by atoms with E-state index < -0.39 is 17.0 Å². The summed E-state index contributed by atoms with van der Waals surface area (Å²) in [6.45, 7) is 10.3. The molecule has 0 aliphatic carbocycles. The Balaban J connectivity index is -0.00000118. The summed E-state index contributed by atoms with van der Waals surface area (Å²) in [6.07, 6.45) is 19.6. The molecular weight excluding hydrogens is 580 g/mol. The zero-order chi connectivity index (χ0) is 30.9. The van der Waals surface area contributed by atoms with Crippen molar-refractivity contribution >= 4 is 11.4 Å². The number of aliphatic hydroxyl groups excluding tert-OH is 1. The van der Waals surface area contributed by atoms with E-state index in [4.69, 9.17) is 42.1 Å². The highest BCUT2D eigenvalue weighted by atomic mass is 32.2. The number of ether oxygens (including phenoxy) is 5. The molecule has 0 amide bonds. The van der Waals surface area contributed by atoms with Crippen LogP contribution in [0, 0.1) is 0 Å². The third-order valence-electron chi connectivity index (χ3n) is 6.51. The van der Waals surface area contributed by atoms with Gasteiger partial charge in [0.2, 0.25) is 0 Å². The van der Waals surface area contributed by atoms with Gasteiger partial charge in [0.25, 0.3) is 11.4 Å². The number of aliphatic hydroxyl groups is 2. The van der Waals surface area contributed by atoms with E-state index in [1.807, 2.05) is 13.8 Å². The van der Waals surface area contributed by atoms with Crippen LogP contribution < -0.4 is 12.3 Å². The van der Waals surface area contributed by atoms with Gasteiger partial charge in [0.05, 0.1) is 77.8 Å². The van der Waals surface area contributed by atoms with Gasteiger partial charge in [0.1, 0.15) is 0 Å². The zero-order valence-electron chi connectivity index (χ0n) is 27.8. The molecule has 0 heterocycles. The summed E-state index contributed by atoms with van der Waals surface area (Å²) in [7, 11) is 0. The molecule has 0 aliphatic heterocycles. The van der Waals surface area contributed by atoms with Crippen molar-refractivity contribution in [3.8, 4) is 0 Å². The van der Waals surface area contributed by atoms with Gasteiger partial charge in [-0.15, -0.1) is 0 Å². The monoisotopic (exact) mass is 650 g/mol. The molecule has 0 aromatic carbocycles. The first-order valence-electron chi connectivity index (χ1n) is 15.8. The summed E-state index contributed by atoms with van der Waals surface area (Å²) < 4.78 is 50.3. The maximum atomic E-state index is 10.5. The molecule has 0 bridgehead atoms. The average Bonchev–Trinajstić information content (AvgIpc) is 2.91. The van der Waals surface area contributed by atoms with Crippen LogP contribution in [0.3, 0.4) is 0 Å². The molecule has 1 atom stereocenters. The predicted molar refractivity (Wildman–Crippen MR) is 175 cm³/mol. The van der Waals surface area contributed by atoms with Gasteiger partial charge < -0.3 is 46.2 Å². The molecule has 12 nitrogen and oxygen atoms in total. The fraction of sp³-hybridized carbons (Fsp3) is 1.00. The van der Waals surface area contributed by atoms with Crippen LogP contribution in [0.4, 0.5) is 0 Å². The van der Waals surface area contributed by atoms with Crippen LogP contribution in [0.15, 0.2) is 0 Å². The quantitative estimate of drug-likeness (QED) is 0.0372. The van der Waals surface area contributed by atoms with E-state index in [-0.39, 0.29) is 25.0 Å². The van der Waals surface area contributed by atoms with Crippen molar-refractivity contribution in [2.24, 2.45) is 0 Å². The number of rotatable bonds is 31. The van der Waals surface area contributed by atoms with Crippen LogP contribution in [0.25, 0.3) is 0 Å². The number of hydrogen-bond donors (Lipinski definition) is 6. The van der Waals surface area contributed by atoms with Gasteiger partial charge >= 0.3 is 0 Å². The minimum atomic E-state index is -2.61. The van der Waals surface area contributed by atoms with Crippen molar-refractivity contribution in [2.45, 2.75) is 129 Å². The molecule has 266 valence electrons. The van der Waals surface area contributed by atoms with Crippen LogP contribution in [0.2, 0.25) is 0 Å². The Hall–Kier alpha value is -0.290. The summed E-state index contributed by atoms with van der Waals surface area (Å²) in [5.41, 5.74) is -0.844. The lowest BCUT2D eigenvalue weighted by atomic mass is 9.95. The Labute approximate surface area is 265 Å². The summed E-state index contributed by atoms with van der Waals surface area (Å²) in [5, 5.41) is 19.1. The highest BCUT2D eigenvalue weighted by molar-refractivity contribution is 7.73. The van der Waals surface area contributed by atoms with E-state index >= 15 is 0 Å². The Kier molecular flexibility index (Phi) is 45.8. The number of hydrogen-bond acceptors (Lipinski definition) is 10. The molecule has 0 saturated heterocycles. The topological polar surface area (TPSA) is 214 Å². The highest BCUT2D eigenvalue weighted by Gasteiger charge is 2.26. The van der Waals surface area contributed by atoms with Crippen molar-refractivity contribution in [3.63, 3.8) is 0 Å². The van der Waals surface area contributed by atoms with Crippen LogP contribution in [0.5, 0.6) is 0 Å². The minimum Gasteiger partial charge on any atom is -0.394 e. The lowest BCUT2D eigenvalue weighted by Gasteiger charge is -2.29. The average molecular weight is 651 g/mol. The lowest BCUT2D eigenvalue weighted by molar-refractivity contribution is -0.104. The Morgan fingerprint density at radius 3 is 1.21 bits per heavy atom. The van der Waals surface area contributed by atoms with Gasteiger partial charge in [-0.2, -0.15) is 4.21 Å². The molecular formula is C30H70N2O10S. The van der Waals surface area contributed by atoms with Gasteiger partial charge in [-0.3, -0.25) is 9.11 Å². The molecule has 0 fully saturated rings. The SMILES string of the molecule is CCCCCCCCCCCCCCCCC(OCCOCCOCCOCCOCCO)C(C)(C)O.N.N.O=S(O)O. The van der Waals surface area contributed by atoms with E-state index in [0.29, 0.717) is 59.5 Å². The van der Waals surface area contributed by atoms with E-state index in [1.54, 1.807) is 0 Å². The highest BCUT2D eigenvalue weighted by Crippen LogP contribution is 2.20. The van der Waals surface area contributed by atoms with E-state index in [9.17, 15) is 5.11 Å². The second-order valence-corrected chi connectivity index (χ2v) is 11.3. The summed E-state index contributed by atoms with van der Waals surface area (Å²) in [5.74, 6) is 0. The molecule has 1 unspecified atom stereocenters. The Bertz CT molecular complexity index is 496. The fourth-order valence-corrected chi connectivity index (χ4v) is 4.24. The van der Waals surface area contributed by atoms with E-state index in [1.165, 1.54) is 83.5 Å². The Morgan fingerprint density at radius 2 is 0.884 bits per heavy atom. The molecule has 0 aliphatic rings. The molecule has 43 heavy (non-hydrogen) atoms. The second kappa shape index (κ2) is 39.7. The maximum absolute atomic E-state index is 10.5. The molecule has 0 aromatic heterocycles. The van der Waals surface area contributed by atoms with Crippen LogP contribution >= 0.6 is 0 Å². The minimum absolute atomic E-state index is 0. The third-order valence-corrected chi connectivity index (χ3v) is 6.51. The normalized spacial score (nSPS) is 11.9. The first-order chi connectivity index (χ1) is 19.8. The molecule has 10 N–H and O–H groups in total. The van der Waals surface area contributed by atoms with Crippen LogP contribution in [0.1, 0.15) is 117 Å². The first-order valence-corrected chi connectivity index (χ1v) is 16.9. The Morgan fingerprint density at radius 1 is 0.581 bits per heavy atom. The molecule has 0 aromatic rings. The van der Waals surface area contributed by atoms with E-state index in [0.717, 1.165) is 12.8 Å². The molecule has 0 rings (SSSR count). The van der Waals surface area contributed by atoms with Gasteiger partial charge in [-0.05, 0) is 20.3 Å². The maximum Gasteiger partial charge on any atom is 0.299 e. The number of unbranched alkanes of at least 4 members (excludes halogenated alkanes) is 13. The van der Waals surface area contributed by atoms with Crippen molar-refractivity contribution < 1.29 is 47.2 Å². The molecule has 0 radical (unpaired) electrons. The zero-order valence-corrected chi connectivity index (χ0v) is 28.6. The lowest BCUT2D eigenvalue weighted by Crippen LogP contribution is -2.39. The predicted octanol–water partition coefficient (Wildman–Crippen LogP) is 6.08. The fourth-order valence-electron chi connectivity index (χ4n) is 4.24. The van der Waals surface area contributed by atoms with Crippen molar-refractivity contribution in [3.05, 3.63) is 0 Å². The van der Waals surface area contributed by atoms with Crippen molar-refractivity contribution in [1.82, 2.24) is 12.3 Å². The standard InChI is InChI=1S/C30H62O7.2H3N.H2O3S/c1-4-5-6-7-8-9-10-11-12-13-14-15-16-17-18-29(30(2,3)32)37-28-27-36-26-25-35-24-23-34-22-21-33-20-19-31;;;1-4(2)3/h29,31-32H,4-28H2,1-3H3;2*1H3;(H2,1,2,3). The van der Waals surface area contributed by atoms with Crippen LogP contribution in [-0.4, -0.2) is 101 Å². The van der Waals surface area contributed by atoms with Gasteiger partial charge in [-0.1, -0.05) is 96.8 Å². The first kappa shape index (κ1) is 49.6. The second-order valence-electron chi connectivity index (χ2n) is 10.8. The smallest absolute Gasteiger partial charge is 0.299 e. The van der Waals surface area contributed by atoms with Gasteiger partial charge in [0.15, 0.2) is 0 Å². The van der Waals surface area contributed by atoms with Gasteiger partial charge in [0, 0.05) is 0 Å². The molecule has 13 heteroatoms. The molecule has 0 spiro atoms. The summed E-state index contributed by atoms with van der Waals surface area (Å²) in [6, 6.07) is 0. The van der Waals surface area contributed by atoms with Crippen molar-refractivity contribution in [2.75, 3.05) is 66.1 Å². The van der Waals surface area contributed by atoms with E-state index in [2.05, 4.69) is 6.92 Å².